The van der Waals surface area contributed by atoms with Gasteiger partial charge in [0, 0.05) is 9.13 Å². The maximum absolute atomic E-state index is 12.2. The first-order valence-corrected chi connectivity index (χ1v) is 8.93. The molecule has 0 unspecified atom stereocenters. The Balaban J connectivity index is 2.09. The number of aryl methyl sites for hydroxylation is 1. The van der Waals surface area contributed by atoms with E-state index in [-0.39, 0.29) is 11.0 Å². The molecule has 0 atom stereocenters. The van der Waals surface area contributed by atoms with Crippen LogP contribution in [0.15, 0.2) is 30.3 Å². The van der Waals surface area contributed by atoms with Gasteiger partial charge in [0.1, 0.15) is 0 Å². The fraction of sp³-hybridized carbons (Fsp3) is 0.0667. The molecule has 2 rings (SSSR count). The first-order valence-electron chi connectivity index (χ1n) is 6.31. The van der Waals surface area contributed by atoms with E-state index in [9.17, 15) is 4.79 Å². The Morgan fingerprint density at radius 3 is 2.39 bits per heavy atom. The van der Waals surface area contributed by atoms with E-state index >= 15 is 0 Å². The molecule has 23 heavy (non-hydrogen) atoms. The molecule has 1 amide bonds. The van der Waals surface area contributed by atoms with Crippen molar-refractivity contribution in [2.24, 2.45) is 0 Å². The van der Waals surface area contributed by atoms with E-state index in [1.54, 1.807) is 18.2 Å². The molecule has 0 aliphatic carbocycles. The summed E-state index contributed by atoms with van der Waals surface area (Å²) in [6, 6.07) is 8.45. The van der Waals surface area contributed by atoms with Crippen LogP contribution in [0, 0.1) is 10.5 Å². The SMILES string of the molecule is Cc1ccc(C(=O)NC(=S)Nc2cc(Cl)c(Cl)cc2Cl)cc1I. The van der Waals surface area contributed by atoms with Crippen molar-refractivity contribution in [1.29, 1.82) is 0 Å². The van der Waals surface area contributed by atoms with Gasteiger partial charge in [0.2, 0.25) is 0 Å². The summed E-state index contributed by atoms with van der Waals surface area (Å²) in [6.07, 6.45) is 0. The summed E-state index contributed by atoms with van der Waals surface area (Å²) in [5.74, 6) is -0.309. The highest BCUT2D eigenvalue weighted by molar-refractivity contribution is 14.1. The van der Waals surface area contributed by atoms with Crippen molar-refractivity contribution < 1.29 is 4.79 Å². The molecule has 0 aliphatic heterocycles. The van der Waals surface area contributed by atoms with Crippen molar-refractivity contribution in [1.82, 2.24) is 5.32 Å². The standard InChI is InChI=1S/C15H10Cl3IN2OS/c1-7-2-3-8(4-12(7)19)14(22)21-15(23)20-13-6-10(17)9(16)5-11(13)18/h2-6H,1H3,(H2,20,21,22,23). The number of carbonyl (C=O) groups is 1. The van der Waals surface area contributed by atoms with E-state index in [2.05, 4.69) is 33.2 Å². The number of halogens is 4. The highest BCUT2D eigenvalue weighted by atomic mass is 127. The minimum absolute atomic E-state index is 0.117. The Bertz CT molecular complexity index is 799. The Morgan fingerprint density at radius 2 is 1.74 bits per heavy atom. The smallest absolute Gasteiger partial charge is 0.257 e. The molecule has 0 bridgehead atoms. The number of amides is 1. The average Bonchev–Trinajstić information content (AvgIpc) is 2.47. The summed E-state index contributed by atoms with van der Waals surface area (Å²) in [5, 5.41) is 6.56. The molecule has 0 heterocycles. The van der Waals surface area contributed by atoms with Gasteiger partial charge in [-0.2, -0.15) is 0 Å². The number of thiocarbonyl (C=S) groups is 1. The zero-order valence-electron chi connectivity index (χ0n) is 11.7. The minimum atomic E-state index is -0.309. The second-order valence-corrected chi connectivity index (χ2v) is 7.41. The zero-order chi connectivity index (χ0) is 17.1. The summed E-state index contributed by atoms with van der Waals surface area (Å²) in [7, 11) is 0. The van der Waals surface area contributed by atoms with Gasteiger partial charge in [0.15, 0.2) is 5.11 Å². The molecule has 0 aromatic heterocycles. The highest BCUT2D eigenvalue weighted by Crippen LogP contribution is 2.32. The monoisotopic (exact) mass is 498 g/mol. The fourth-order valence-corrected chi connectivity index (χ4v) is 2.99. The third-order valence-corrected chi connectivity index (χ3v) is 5.32. The van der Waals surface area contributed by atoms with Gasteiger partial charge in [-0.05, 0) is 71.6 Å². The fourth-order valence-electron chi connectivity index (χ4n) is 1.68. The van der Waals surface area contributed by atoms with Gasteiger partial charge < -0.3 is 5.32 Å². The van der Waals surface area contributed by atoms with Crippen molar-refractivity contribution in [2.75, 3.05) is 5.32 Å². The van der Waals surface area contributed by atoms with Crippen LogP contribution in [-0.4, -0.2) is 11.0 Å². The molecule has 2 N–H and O–H groups in total. The summed E-state index contributed by atoms with van der Waals surface area (Å²) in [5.41, 5.74) is 2.08. The van der Waals surface area contributed by atoms with Crippen LogP contribution in [0.2, 0.25) is 15.1 Å². The van der Waals surface area contributed by atoms with Crippen LogP contribution in [-0.2, 0) is 0 Å². The van der Waals surface area contributed by atoms with Crippen molar-refractivity contribution in [3.63, 3.8) is 0 Å². The summed E-state index contributed by atoms with van der Waals surface area (Å²) in [4.78, 5) is 12.2. The molecule has 0 radical (unpaired) electrons. The molecular weight excluding hydrogens is 490 g/mol. The molecule has 120 valence electrons. The number of hydrogen-bond donors (Lipinski definition) is 2. The Kier molecular flexibility index (Phi) is 6.50. The van der Waals surface area contributed by atoms with Gasteiger partial charge in [0.05, 0.1) is 20.8 Å². The molecule has 0 spiro atoms. The molecule has 8 heteroatoms. The van der Waals surface area contributed by atoms with Crippen LogP contribution < -0.4 is 10.6 Å². The van der Waals surface area contributed by atoms with Crippen molar-refractivity contribution >= 4 is 86.3 Å². The van der Waals surface area contributed by atoms with E-state index < -0.39 is 0 Å². The molecule has 2 aromatic rings. The Morgan fingerprint density at radius 1 is 1.09 bits per heavy atom. The second-order valence-electron chi connectivity index (χ2n) is 4.62. The van der Waals surface area contributed by atoms with Crippen LogP contribution in [0.4, 0.5) is 5.69 Å². The molecule has 2 aromatic carbocycles. The van der Waals surface area contributed by atoms with Crippen molar-refractivity contribution in [2.45, 2.75) is 6.92 Å². The summed E-state index contributed by atoms with van der Waals surface area (Å²) in [6.45, 7) is 1.97. The van der Waals surface area contributed by atoms with Crippen LogP contribution in [0.5, 0.6) is 0 Å². The van der Waals surface area contributed by atoms with E-state index in [4.69, 9.17) is 47.0 Å². The van der Waals surface area contributed by atoms with Crippen LogP contribution in [0.25, 0.3) is 0 Å². The van der Waals surface area contributed by atoms with E-state index in [1.807, 2.05) is 13.0 Å². The number of nitrogens with one attached hydrogen (secondary N) is 2. The van der Waals surface area contributed by atoms with Crippen molar-refractivity contribution in [3.05, 3.63) is 60.1 Å². The Labute approximate surface area is 167 Å². The molecular formula is C15H10Cl3IN2OS. The first kappa shape index (κ1) is 18.7. The molecule has 0 fully saturated rings. The quantitative estimate of drug-likeness (QED) is 0.317. The largest absolute Gasteiger partial charge is 0.331 e. The third-order valence-electron chi connectivity index (χ3n) is 2.92. The normalized spacial score (nSPS) is 10.3. The minimum Gasteiger partial charge on any atom is -0.331 e. The maximum Gasteiger partial charge on any atom is 0.257 e. The van der Waals surface area contributed by atoms with E-state index in [1.165, 1.54) is 6.07 Å². The van der Waals surface area contributed by atoms with Crippen molar-refractivity contribution in [3.8, 4) is 0 Å². The molecule has 3 nitrogen and oxygen atoms in total. The predicted octanol–water partition coefficient (Wildman–Crippen LogP) is 5.69. The number of hydrogen-bond acceptors (Lipinski definition) is 2. The molecule has 0 saturated heterocycles. The van der Waals surface area contributed by atoms with Gasteiger partial charge in [-0.25, -0.2) is 0 Å². The number of rotatable bonds is 2. The summed E-state index contributed by atoms with van der Waals surface area (Å²) < 4.78 is 1.00. The summed E-state index contributed by atoms with van der Waals surface area (Å²) >= 11 is 25.2. The highest BCUT2D eigenvalue weighted by Gasteiger charge is 2.11. The van der Waals surface area contributed by atoms with E-state index in [0.29, 0.717) is 26.3 Å². The number of anilines is 1. The van der Waals surface area contributed by atoms with Gasteiger partial charge in [-0.1, -0.05) is 40.9 Å². The van der Waals surface area contributed by atoms with Crippen LogP contribution >= 0.6 is 69.6 Å². The predicted molar refractivity (Wildman–Crippen MR) is 109 cm³/mol. The number of benzene rings is 2. The lowest BCUT2D eigenvalue weighted by Crippen LogP contribution is -2.34. The Hall–Kier alpha value is -0.600. The van der Waals surface area contributed by atoms with E-state index in [0.717, 1.165) is 9.13 Å². The lowest BCUT2D eigenvalue weighted by atomic mass is 10.1. The zero-order valence-corrected chi connectivity index (χ0v) is 17.0. The molecule has 0 saturated carbocycles. The number of carbonyl (C=O) groups excluding carboxylic acids is 1. The lowest BCUT2D eigenvalue weighted by molar-refractivity contribution is 0.0977. The average molecular weight is 500 g/mol. The van der Waals surface area contributed by atoms with Gasteiger partial charge >= 0.3 is 0 Å². The third kappa shape index (κ3) is 4.93. The maximum atomic E-state index is 12.2. The lowest BCUT2D eigenvalue weighted by Gasteiger charge is -2.12. The van der Waals surface area contributed by atoms with Gasteiger partial charge in [-0.15, -0.1) is 0 Å². The van der Waals surface area contributed by atoms with Gasteiger partial charge in [0.25, 0.3) is 5.91 Å². The second kappa shape index (κ2) is 7.98. The first-order chi connectivity index (χ1) is 10.8. The molecule has 0 aliphatic rings. The van der Waals surface area contributed by atoms with Crippen LogP contribution in [0.1, 0.15) is 15.9 Å². The van der Waals surface area contributed by atoms with Gasteiger partial charge in [-0.3, -0.25) is 10.1 Å². The van der Waals surface area contributed by atoms with Crippen LogP contribution in [0.3, 0.4) is 0 Å². The topological polar surface area (TPSA) is 41.1 Å².